The molecule has 2 atom stereocenters. The van der Waals surface area contributed by atoms with E-state index in [1.54, 1.807) is 0 Å². The van der Waals surface area contributed by atoms with Gasteiger partial charge in [0.15, 0.2) is 0 Å². The highest BCUT2D eigenvalue weighted by Crippen LogP contribution is 2.24. The van der Waals surface area contributed by atoms with Crippen LogP contribution in [0.2, 0.25) is 5.02 Å². The Morgan fingerprint density at radius 1 is 1.43 bits per heavy atom. The number of hydrogen-bond donors (Lipinski definition) is 2. The Kier molecular flexibility index (Phi) is 6.81. The molecule has 0 unspecified atom stereocenters. The molecular weight excluding hydrogens is 319 g/mol. The molecule has 1 aromatic rings. The van der Waals surface area contributed by atoms with Crippen molar-refractivity contribution in [2.45, 2.75) is 51.2 Å². The van der Waals surface area contributed by atoms with Gasteiger partial charge >= 0.3 is 0 Å². The summed E-state index contributed by atoms with van der Waals surface area (Å²) < 4.78 is 13.8. The minimum absolute atomic E-state index is 0.00418. The first-order chi connectivity index (χ1) is 11.0. The Bertz CT molecular complexity index is 541. The lowest BCUT2D eigenvalue weighted by Crippen LogP contribution is -2.48. The predicted molar refractivity (Wildman–Crippen MR) is 90.2 cm³/mol. The van der Waals surface area contributed by atoms with Crippen LogP contribution < -0.4 is 5.32 Å². The second-order valence-electron chi connectivity index (χ2n) is 6.06. The largest absolute Gasteiger partial charge is 0.391 e. The van der Waals surface area contributed by atoms with Crippen molar-refractivity contribution < 1.29 is 14.3 Å². The van der Waals surface area contributed by atoms with Crippen molar-refractivity contribution >= 4 is 23.2 Å². The van der Waals surface area contributed by atoms with Gasteiger partial charge in [0.05, 0.1) is 18.3 Å². The Balaban J connectivity index is 1.99. The van der Waals surface area contributed by atoms with Crippen molar-refractivity contribution in [3.8, 4) is 0 Å². The van der Waals surface area contributed by atoms with Crippen LogP contribution in [0, 0.1) is 5.82 Å². The second kappa shape index (κ2) is 8.62. The molecule has 0 heterocycles. The first kappa shape index (κ1) is 18.2. The zero-order valence-electron chi connectivity index (χ0n) is 13.4. The highest BCUT2D eigenvalue weighted by Gasteiger charge is 2.29. The van der Waals surface area contributed by atoms with Crippen LogP contribution in [0.1, 0.15) is 39.0 Å². The highest BCUT2D eigenvalue weighted by molar-refractivity contribution is 6.30. The molecule has 2 N–H and O–H groups in total. The average Bonchev–Trinajstić information content (AvgIpc) is 2.50. The van der Waals surface area contributed by atoms with Gasteiger partial charge in [0.2, 0.25) is 5.91 Å². The fourth-order valence-corrected chi connectivity index (χ4v) is 3.29. The molecule has 1 aliphatic carbocycles. The number of anilines is 1. The molecule has 2 rings (SSSR count). The average molecular weight is 343 g/mol. The summed E-state index contributed by atoms with van der Waals surface area (Å²) in [5.41, 5.74) is 0.125. The van der Waals surface area contributed by atoms with Crippen LogP contribution in [0.4, 0.5) is 10.1 Å². The smallest absolute Gasteiger partial charge is 0.238 e. The maximum absolute atomic E-state index is 13.8. The van der Waals surface area contributed by atoms with Crippen LogP contribution in [0.25, 0.3) is 0 Å². The van der Waals surface area contributed by atoms with E-state index in [0.29, 0.717) is 5.02 Å². The van der Waals surface area contributed by atoms with Crippen molar-refractivity contribution in [2.75, 3.05) is 18.4 Å². The van der Waals surface area contributed by atoms with Gasteiger partial charge in [-0.05, 0) is 44.0 Å². The summed E-state index contributed by atoms with van der Waals surface area (Å²) in [6.45, 7) is 2.93. The molecule has 6 heteroatoms. The van der Waals surface area contributed by atoms with Gasteiger partial charge in [0.1, 0.15) is 5.82 Å². The molecule has 23 heavy (non-hydrogen) atoms. The molecule has 0 radical (unpaired) electrons. The van der Waals surface area contributed by atoms with E-state index in [0.717, 1.165) is 38.6 Å². The van der Waals surface area contributed by atoms with Crippen molar-refractivity contribution in [1.82, 2.24) is 4.90 Å². The van der Waals surface area contributed by atoms with E-state index in [-0.39, 0.29) is 24.2 Å². The number of nitrogens with one attached hydrogen (secondary N) is 1. The quantitative estimate of drug-likeness (QED) is 0.832. The molecule has 0 saturated heterocycles. The second-order valence-corrected chi connectivity index (χ2v) is 6.50. The predicted octanol–water partition coefficient (Wildman–Crippen LogP) is 3.43. The van der Waals surface area contributed by atoms with Gasteiger partial charge in [-0.25, -0.2) is 4.39 Å². The number of carbonyl (C=O) groups is 1. The molecule has 1 saturated carbocycles. The minimum Gasteiger partial charge on any atom is -0.391 e. The van der Waals surface area contributed by atoms with Crippen molar-refractivity contribution in [2.24, 2.45) is 0 Å². The number of rotatable bonds is 6. The van der Waals surface area contributed by atoms with Crippen LogP contribution in [0.3, 0.4) is 0 Å². The molecule has 0 spiro atoms. The number of carbonyl (C=O) groups excluding carboxylic acids is 1. The number of aliphatic hydroxyl groups excluding tert-OH is 1. The first-order valence-electron chi connectivity index (χ1n) is 8.18. The van der Waals surface area contributed by atoms with Gasteiger partial charge in [-0.1, -0.05) is 31.4 Å². The highest BCUT2D eigenvalue weighted by atomic mass is 35.5. The number of nitrogens with zero attached hydrogens (tertiary/aromatic N) is 1. The Morgan fingerprint density at radius 3 is 2.83 bits per heavy atom. The van der Waals surface area contributed by atoms with Gasteiger partial charge < -0.3 is 10.4 Å². The summed E-state index contributed by atoms with van der Waals surface area (Å²) in [5, 5.41) is 13.1. The number of aliphatic hydroxyl groups is 1. The van der Waals surface area contributed by atoms with Gasteiger partial charge in [-0.2, -0.15) is 0 Å². The summed E-state index contributed by atoms with van der Waals surface area (Å²) in [6, 6.07) is 4.17. The normalized spacial score (nSPS) is 21.4. The SMILES string of the molecule is CCCN(CC(=O)Nc1ccc(Cl)cc1F)[C@@H]1CCCC[C@H]1O. The van der Waals surface area contributed by atoms with Crippen LogP contribution >= 0.6 is 11.6 Å². The first-order valence-corrected chi connectivity index (χ1v) is 8.56. The fraction of sp³-hybridized carbons (Fsp3) is 0.588. The molecule has 0 aliphatic heterocycles. The van der Waals surface area contributed by atoms with Crippen molar-refractivity contribution in [3.05, 3.63) is 29.0 Å². The number of benzene rings is 1. The molecular formula is C17H24ClFN2O2. The van der Waals surface area contributed by atoms with E-state index in [2.05, 4.69) is 5.32 Å². The molecule has 4 nitrogen and oxygen atoms in total. The number of hydrogen-bond acceptors (Lipinski definition) is 3. The third-order valence-corrected chi connectivity index (χ3v) is 4.46. The van der Waals surface area contributed by atoms with E-state index in [9.17, 15) is 14.3 Å². The fourth-order valence-electron chi connectivity index (χ4n) is 3.13. The van der Waals surface area contributed by atoms with Crippen molar-refractivity contribution in [1.29, 1.82) is 0 Å². The molecule has 0 bridgehead atoms. The number of halogens is 2. The van der Waals surface area contributed by atoms with Crippen molar-refractivity contribution in [3.63, 3.8) is 0 Å². The third kappa shape index (κ3) is 5.16. The summed E-state index contributed by atoms with van der Waals surface area (Å²) in [4.78, 5) is 14.3. The maximum Gasteiger partial charge on any atom is 0.238 e. The van der Waals surface area contributed by atoms with E-state index in [1.165, 1.54) is 18.2 Å². The minimum atomic E-state index is -0.550. The summed E-state index contributed by atoms with van der Waals surface area (Å²) in [7, 11) is 0. The van der Waals surface area contributed by atoms with Gasteiger partial charge in [0, 0.05) is 11.1 Å². The summed E-state index contributed by atoms with van der Waals surface area (Å²) in [6.07, 6.45) is 4.26. The zero-order chi connectivity index (χ0) is 16.8. The Morgan fingerprint density at radius 2 is 2.17 bits per heavy atom. The van der Waals surface area contributed by atoms with E-state index in [1.807, 2.05) is 11.8 Å². The molecule has 1 fully saturated rings. The lowest BCUT2D eigenvalue weighted by atomic mass is 9.91. The lowest BCUT2D eigenvalue weighted by molar-refractivity contribution is -0.118. The van der Waals surface area contributed by atoms with E-state index >= 15 is 0 Å². The topological polar surface area (TPSA) is 52.6 Å². The monoisotopic (exact) mass is 342 g/mol. The third-order valence-electron chi connectivity index (χ3n) is 4.23. The Hall–Kier alpha value is -1.17. The van der Waals surface area contributed by atoms with Gasteiger partial charge in [0.25, 0.3) is 0 Å². The molecule has 128 valence electrons. The molecule has 1 aliphatic rings. The van der Waals surface area contributed by atoms with Crippen LogP contribution in [-0.2, 0) is 4.79 Å². The van der Waals surface area contributed by atoms with E-state index in [4.69, 9.17) is 11.6 Å². The standard InChI is InChI=1S/C17H24ClFN2O2/c1-2-9-21(15-5-3-4-6-16(15)22)11-17(23)20-14-8-7-12(18)10-13(14)19/h7-8,10,15-16,22H,2-6,9,11H2,1H3,(H,20,23)/t15-,16-/m1/s1. The van der Waals surface area contributed by atoms with Crippen LogP contribution in [-0.4, -0.2) is 41.1 Å². The Labute approximate surface area is 141 Å². The van der Waals surface area contributed by atoms with Crippen LogP contribution in [0.5, 0.6) is 0 Å². The zero-order valence-corrected chi connectivity index (χ0v) is 14.2. The van der Waals surface area contributed by atoms with E-state index < -0.39 is 11.9 Å². The lowest BCUT2D eigenvalue weighted by Gasteiger charge is -2.37. The van der Waals surface area contributed by atoms with Gasteiger partial charge in [-0.15, -0.1) is 0 Å². The summed E-state index contributed by atoms with van der Waals surface area (Å²) >= 11 is 5.71. The maximum atomic E-state index is 13.8. The molecule has 1 amide bonds. The number of amides is 1. The molecule has 1 aromatic carbocycles. The summed E-state index contributed by atoms with van der Waals surface area (Å²) in [5.74, 6) is -0.831. The molecule has 0 aromatic heterocycles. The van der Waals surface area contributed by atoms with Crippen LogP contribution in [0.15, 0.2) is 18.2 Å². The van der Waals surface area contributed by atoms with Gasteiger partial charge in [-0.3, -0.25) is 9.69 Å².